The van der Waals surface area contributed by atoms with Crippen LogP contribution in [-0.4, -0.2) is 33.7 Å². The Morgan fingerprint density at radius 2 is 2.00 bits per heavy atom. The molecule has 0 bridgehead atoms. The zero-order valence-corrected chi connectivity index (χ0v) is 12.6. The standard InChI is InChI=1S/C13H20N2OS2/c1-8-6-15(7-9(2)17-8)13-14-12-10(16)4-3-5-11(12)18-13/h8-10,16H,3-7H2,1-2H3. The zero-order valence-electron chi connectivity index (χ0n) is 10.9. The molecule has 3 atom stereocenters. The summed E-state index contributed by atoms with van der Waals surface area (Å²) in [6, 6.07) is 0. The molecule has 1 aliphatic carbocycles. The molecule has 0 spiro atoms. The molecule has 0 amide bonds. The van der Waals surface area contributed by atoms with E-state index in [9.17, 15) is 5.11 Å². The number of hydrogen-bond acceptors (Lipinski definition) is 5. The lowest BCUT2D eigenvalue weighted by atomic mass is 10.0. The van der Waals surface area contributed by atoms with E-state index in [0.29, 0.717) is 10.5 Å². The summed E-state index contributed by atoms with van der Waals surface area (Å²) in [5.74, 6) is 0. The number of fused-ring (bicyclic) bond motifs is 1. The number of rotatable bonds is 1. The summed E-state index contributed by atoms with van der Waals surface area (Å²) in [5, 5.41) is 12.5. The second kappa shape index (κ2) is 5.02. The molecule has 2 aliphatic rings. The number of thioether (sulfide) groups is 1. The van der Waals surface area contributed by atoms with Gasteiger partial charge in [0.15, 0.2) is 5.13 Å². The fourth-order valence-corrected chi connectivity index (χ4v) is 5.35. The minimum absolute atomic E-state index is 0.326. The Morgan fingerprint density at radius 1 is 1.28 bits per heavy atom. The van der Waals surface area contributed by atoms with Crippen molar-refractivity contribution < 1.29 is 5.11 Å². The van der Waals surface area contributed by atoms with Crippen LogP contribution in [0.4, 0.5) is 5.13 Å². The number of aromatic nitrogens is 1. The van der Waals surface area contributed by atoms with Crippen LogP contribution in [0.2, 0.25) is 0 Å². The van der Waals surface area contributed by atoms with Crippen LogP contribution in [0.15, 0.2) is 0 Å². The van der Waals surface area contributed by atoms with Gasteiger partial charge in [0.2, 0.25) is 0 Å². The molecule has 5 heteroatoms. The van der Waals surface area contributed by atoms with E-state index in [0.717, 1.165) is 43.2 Å². The highest BCUT2D eigenvalue weighted by Gasteiger charge is 2.28. The van der Waals surface area contributed by atoms with Crippen LogP contribution in [0.5, 0.6) is 0 Å². The number of aryl methyl sites for hydroxylation is 1. The Morgan fingerprint density at radius 3 is 2.67 bits per heavy atom. The number of aliphatic hydroxyl groups excluding tert-OH is 1. The molecule has 1 saturated heterocycles. The lowest BCUT2D eigenvalue weighted by molar-refractivity contribution is 0.153. The number of nitrogens with zero attached hydrogens (tertiary/aromatic N) is 2. The summed E-state index contributed by atoms with van der Waals surface area (Å²) >= 11 is 3.86. The molecule has 18 heavy (non-hydrogen) atoms. The average Bonchev–Trinajstić information content (AvgIpc) is 2.73. The minimum atomic E-state index is -0.326. The highest BCUT2D eigenvalue weighted by atomic mass is 32.2. The molecule has 3 rings (SSSR count). The summed E-state index contributed by atoms with van der Waals surface area (Å²) in [6.45, 7) is 6.74. The van der Waals surface area contributed by atoms with E-state index in [1.807, 2.05) is 0 Å². The predicted molar refractivity (Wildman–Crippen MR) is 78.7 cm³/mol. The Labute approximate surface area is 117 Å². The predicted octanol–water partition coefficient (Wildman–Crippen LogP) is 2.84. The second-order valence-electron chi connectivity index (χ2n) is 5.38. The van der Waals surface area contributed by atoms with Crippen molar-refractivity contribution in [2.45, 2.75) is 49.7 Å². The van der Waals surface area contributed by atoms with Gasteiger partial charge in [0.05, 0.1) is 11.8 Å². The summed E-state index contributed by atoms with van der Waals surface area (Å²) in [5.41, 5.74) is 0.958. The smallest absolute Gasteiger partial charge is 0.185 e. The van der Waals surface area contributed by atoms with Crippen molar-refractivity contribution in [1.82, 2.24) is 4.98 Å². The number of anilines is 1. The van der Waals surface area contributed by atoms with Crippen LogP contribution in [0.3, 0.4) is 0 Å². The van der Waals surface area contributed by atoms with Crippen LogP contribution in [0.1, 0.15) is 43.4 Å². The fourth-order valence-electron chi connectivity index (χ4n) is 2.85. The summed E-state index contributed by atoms with van der Waals surface area (Å²) in [7, 11) is 0. The van der Waals surface area contributed by atoms with Crippen LogP contribution in [-0.2, 0) is 6.42 Å². The first-order valence-corrected chi connectivity index (χ1v) is 8.47. The van der Waals surface area contributed by atoms with E-state index in [2.05, 4.69) is 30.5 Å². The first kappa shape index (κ1) is 12.8. The maximum absolute atomic E-state index is 10.00. The van der Waals surface area contributed by atoms with Crippen LogP contribution >= 0.6 is 23.1 Å². The van der Waals surface area contributed by atoms with Gasteiger partial charge in [-0.3, -0.25) is 0 Å². The molecule has 0 saturated carbocycles. The lowest BCUT2D eigenvalue weighted by Crippen LogP contribution is -2.40. The molecule has 0 radical (unpaired) electrons. The van der Waals surface area contributed by atoms with Crippen LogP contribution < -0.4 is 4.90 Å². The lowest BCUT2D eigenvalue weighted by Gasteiger charge is -2.34. The second-order valence-corrected chi connectivity index (χ2v) is 8.32. The molecular weight excluding hydrogens is 264 g/mol. The molecule has 0 aromatic carbocycles. The molecule has 1 aliphatic heterocycles. The van der Waals surface area contributed by atoms with Gasteiger partial charge in [0.1, 0.15) is 0 Å². The van der Waals surface area contributed by atoms with Crippen molar-refractivity contribution in [2.75, 3.05) is 18.0 Å². The van der Waals surface area contributed by atoms with E-state index < -0.39 is 0 Å². The van der Waals surface area contributed by atoms with Gasteiger partial charge in [0.25, 0.3) is 0 Å². The van der Waals surface area contributed by atoms with E-state index in [1.165, 1.54) is 4.88 Å². The van der Waals surface area contributed by atoms with E-state index in [4.69, 9.17) is 4.98 Å². The topological polar surface area (TPSA) is 36.4 Å². The van der Waals surface area contributed by atoms with Gasteiger partial charge < -0.3 is 10.0 Å². The molecule has 3 unspecified atom stereocenters. The third-order valence-corrected chi connectivity index (χ3v) is 6.02. The molecule has 1 N–H and O–H groups in total. The van der Waals surface area contributed by atoms with E-state index in [1.54, 1.807) is 11.3 Å². The van der Waals surface area contributed by atoms with Crippen molar-refractivity contribution in [3.05, 3.63) is 10.6 Å². The van der Waals surface area contributed by atoms with Gasteiger partial charge in [-0.15, -0.1) is 11.3 Å². The third-order valence-electron chi connectivity index (χ3n) is 3.60. The normalized spacial score (nSPS) is 32.4. The first-order valence-electron chi connectivity index (χ1n) is 6.71. The van der Waals surface area contributed by atoms with Crippen LogP contribution in [0.25, 0.3) is 0 Å². The largest absolute Gasteiger partial charge is 0.387 e. The van der Waals surface area contributed by atoms with Gasteiger partial charge >= 0.3 is 0 Å². The molecule has 1 aromatic heterocycles. The van der Waals surface area contributed by atoms with Crippen molar-refractivity contribution in [3.63, 3.8) is 0 Å². The Balaban J connectivity index is 1.84. The average molecular weight is 284 g/mol. The van der Waals surface area contributed by atoms with Crippen molar-refractivity contribution in [1.29, 1.82) is 0 Å². The maximum Gasteiger partial charge on any atom is 0.185 e. The van der Waals surface area contributed by atoms with Gasteiger partial charge in [-0.2, -0.15) is 11.8 Å². The minimum Gasteiger partial charge on any atom is -0.387 e. The number of aliphatic hydroxyl groups is 1. The Kier molecular flexibility index (Phi) is 3.56. The molecule has 100 valence electrons. The molecule has 1 aromatic rings. The zero-order chi connectivity index (χ0) is 12.7. The highest BCUT2D eigenvalue weighted by molar-refractivity contribution is 8.00. The van der Waals surface area contributed by atoms with Gasteiger partial charge in [-0.25, -0.2) is 4.98 Å². The Hall–Kier alpha value is -0.260. The van der Waals surface area contributed by atoms with Crippen LogP contribution in [0, 0.1) is 0 Å². The highest BCUT2D eigenvalue weighted by Crippen LogP contribution is 2.38. The molecule has 2 heterocycles. The summed E-state index contributed by atoms with van der Waals surface area (Å²) in [4.78, 5) is 8.42. The Bertz CT molecular complexity index is 425. The quantitative estimate of drug-likeness (QED) is 0.860. The fraction of sp³-hybridized carbons (Fsp3) is 0.769. The summed E-state index contributed by atoms with van der Waals surface area (Å²) < 4.78 is 0. The summed E-state index contributed by atoms with van der Waals surface area (Å²) in [6.07, 6.45) is 2.74. The maximum atomic E-state index is 10.00. The third kappa shape index (κ3) is 2.40. The van der Waals surface area contributed by atoms with Gasteiger partial charge in [0, 0.05) is 28.5 Å². The van der Waals surface area contributed by atoms with Gasteiger partial charge in [-0.05, 0) is 19.3 Å². The van der Waals surface area contributed by atoms with E-state index >= 15 is 0 Å². The van der Waals surface area contributed by atoms with Gasteiger partial charge in [-0.1, -0.05) is 13.8 Å². The van der Waals surface area contributed by atoms with Crippen molar-refractivity contribution >= 4 is 28.2 Å². The first-order chi connectivity index (χ1) is 8.63. The van der Waals surface area contributed by atoms with Crippen molar-refractivity contribution in [2.24, 2.45) is 0 Å². The SMILES string of the molecule is CC1CN(c2nc3c(s2)CCCC3O)CC(C)S1. The number of thiazole rings is 1. The molecular formula is C13H20N2OS2. The monoisotopic (exact) mass is 284 g/mol. The van der Waals surface area contributed by atoms with E-state index in [-0.39, 0.29) is 6.10 Å². The van der Waals surface area contributed by atoms with Crippen molar-refractivity contribution in [3.8, 4) is 0 Å². The molecule has 1 fully saturated rings. The number of hydrogen-bond donors (Lipinski definition) is 1. The molecule has 3 nitrogen and oxygen atoms in total.